The third-order valence-corrected chi connectivity index (χ3v) is 5.80. The minimum Gasteiger partial charge on any atom is -0.491 e. The van der Waals surface area contributed by atoms with Crippen molar-refractivity contribution in [1.29, 1.82) is 0 Å². The van der Waals surface area contributed by atoms with Gasteiger partial charge in [0.15, 0.2) is 0 Å². The van der Waals surface area contributed by atoms with Crippen LogP contribution in [0.1, 0.15) is 95.9 Å². The highest BCUT2D eigenvalue weighted by Crippen LogP contribution is 2.23. The minimum atomic E-state index is 0.396. The molecule has 0 aliphatic heterocycles. The first-order valence-corrected chi connectivity index (χ1v) is 13.0. The zero-order valence-corrected chi connectivity index (χ0v) is 22.5. The molecule has 0 fully saturated rings. The molecule has 6 heteroatoms. The summed E-state index contributed by atoms with van der Waals surface area (Å²) >= 11 is 0. The number of rotatable bonds is 19. The number of allylic oxidation sites excluding steroid dienone is 2. The first-order valence-electron chi connectivity index (χ1n) is 13.0. The zero-order chi connectivity index (χ0) is 25.2. The van der Waals surface area contributed by atoms with E-state index in [-0.39, 0.29) is 0 Å². The quantitative estimate of drug-likeness (QED) is 0.0584. The SMILES string of the molecule is C=C(C)/C(OCCCC)=C(CCCCCCCCCCOCOC)\N=C(/N)n1c(C)ccc1C. The van der Waals surface area contributed by atoms with Crippen LogP contribution in [0.3, 0.4) is 0 Å². The largest absolute Gasteiger partial charge is 0.491 e. The molecule has 0 saturated heterocycles. The van der Waals surface area contributed by atoms with E-state index >= 15 is 0 Å². The Morgan fingerprint density at radius 2 is 1.53 bits per heavy atom. The molecule has 1 heterocycles. The maximum absolute atomic E-state index is 6.45. The van der Waals surface area contributed by atoms with Crippen molar-refractivity contribution in [2.45, 2.75) is 98.3 Å². The maximum Gasteiger partial charge on any atom is 0.205 e. The molecule has 0 aliphatic carbocycles. The van der Waals surface area contributed by atoms with Crippen LogP contribution in [-0.4, -0.2) is 37.6 Å². The molecule has 0 bridgehead atoms. The molecule has 0 aliphatic rings. The van der Waals surface area contributed by atoms with Gasteiger partial charge in [0.05, 0.1) is 12.3 Å². The smallest absolute Gasteiger partial charge is 0.205 e. The van der Waals surface area contributed by atoms with E-state index in [1.165, 1.54) is 38.5 Å². The van der Waals surface area contributed by atoms with Crippen LogP contribution in [0, 0.1) is 13.8 Å². The van der Waals surface area contributed by atoms with Gasteiger partial charge in [0.2, 0.25) is 5.96 Å². The first-order chi connectivity index (χ1) is 16.4. The molecule has 2 N–H and O–H groups in total. The molecule has 0 amide bonds. The van der Waals surface area contributed by atoms with E-state index in [1.54, 1.807) is 7.11 Å². The van der Waals surface area contributed by atoms with Crippen LogP contribution in [0.15, 0.2) is 40.7 Å². The number of methoxy groups -OCH3 is 1. The average molecular weight is 476 g/mol. The molecule has 6 nitrogen and oxygen atoms in total. The summed E-state index contributed by atoms with van der Waals surface area (Å²) in [4.78, 5) is 4.86. The lowest BCUT2D eigenvalue weighted by molar-refractivity contribution is -0.0315. The van der Waals surface area contributed by atoms with E-state index in [0.717, 1.165) is 67.1 Å². The number of hydrogen-bond acceptors (Lipinski definition) is 4. The van der Waals surface area contributed by atoms with Gasteiger partial charge in [-0.15, -0.1) is 0 Å². The standard InChI is InChI=1S/C28H49N3O3/c1-7-8-21-34-27(23(2)3)26(30-28(29)31-24(4)18-19-25(31)5)17-15-13-11-9-10-12-14-16-20-33-22-32-6/h18-19H,2,7-17,20-22H2,1,3-6H3,(H2,29,30)/b27-26+. The molecular formula is C28H49N3O3. The molecule has 1 aromatic heterocycles. The van der Waals surface area contributed by atoms with E-state index in [9.17, 15) is 0 Å². The van der Waals surface area contributed by atoms with E-state index in [0.29, 0.717) is 19.4 Å². The lowest BCUT2D eigenvalue weighted by atomic mass is 10.1. The van der Waals surface area contributed by atoms with Crippen LogP contribution in [0.2, 0.25) is 0 Å². The van der Waals surface area contributed by atoms with Gasteiger partial charge in [0.1, 0.15) is 12.6 Å². The monoisotopic (exact) mass is 475 g/mol. The highest BCUT2D eigenvalue weighted by atomic mass is 16.7. The molecule has 0 atom stereocenters. The second-order valence-electron chi connectivity index (χ2n) is 9.07. The van der Waals surface area contributed by atoms with Crippen molar-refractivity contribution >= 4 is 5.96 Å². The summed E-state index contributed by atoms with van der Waals surface area (Å²) in [5, 5.41) is 0. The summed E-state index contributed by atoms with van der Waals surface area (Å²) in [6, 6.07) is 4.12. The molecule has 1 aromatic rings. The lowest BCUT2D eigenvalue weighted by Gasteiger charge is -2.16. The molecule has 34 heavy (non-hydrogen) atoms. The fourth-order valence-electron chi connectivity index (χ4n) is 3.91. The fraction of sp³-hybridized carbons (Fsp3) is 0.679. The van der Waals surface area contributed by atoms with E-state index in [1.807, 2.05) is 25.3 Å². The molecule has 0 unspecified atom stereocenters. The first kappa shape index (κ1) is 30.0. The van der Waals surface area contributed by atoms with Gasteiger partial charge >= 0.3 is 0 Å². The second-order valence-corrected chi connectivity index (χ2v) is 9.07. The van der Waals surface area contributed by atoms with Gasteiger partial charge in [-0.05, 0) is 64.2 Å². The number of ether oxygens (including phenoxy) is 3. The number of hydrogen-bond donors (Lipinski definition) is 1. The Labute approximate surface area is 208 Å². The third kappa shape index (κ3) is 11.9. The van der Waals surface area contributed by atoms with Gasteiger partial charge in [-0.25, -0.2) is 4.99 Å². The summed E-state index contributed by atoms with van der Waals surface area (Å²) in [7, 11) is 1.66. The Bertz CT molecular complexity index is 745. The average Bonchev–Trinajstić information content (AvgIpc) is 3.14. The van der Waals surface area contributed by atoms with Crippen molar-refractivity contribution in [1.82, 2.24) is 4.57 Å². The summed E-state index contributed by atoms with van der Waals surface area (Å²) in [5.41, 5.74) is 10.4. The molecule has 1 rings (SSSR count). The van der Waals surface area contributed by atoms with Crippen LogP contribution < -0.4 is 5.73 Å². The van der Waals surface area contributed by atoms with Crippen molar-refractivity contribution in [3.8, 4) is 0 Å². The van der Waals surface area contributed by atoms with Gasteiger partial charge in [0, 0.05) is 25.1 Å². The van der Waals surface area contributed by atoms with Crippen LogP contribution in [-0.2, 0) is 14.2 Å². The normalized spacial score (nSPS) is 12.7. The summed E-state index contributed by atoms with van der Waals surface area (Å²) < 4.78 is 18.3. The number of aliphatic imine (C=N–C) groups is 1. The predicted molar refractivity (Wildman–Crippen MR) is 143 cm³/mol. The molecule has 194 valence electrons. The molecular weight excluding hydrogens is 426 g/mol. The van der Waals surface area contributed by atoms with Gasteiger partial charge in [-0.3, -0.25) is 4.57 Å². The molecule has 0 aromatic carbocycles. The van der Waals surface area contributed by atoms with E-state index in [2.05, 4.69) is 25.6 Å². The second kappa shape index (κ2) is 18.3. The number of aromatic nitrogens is 1. The summed E-state index contributed by atoms with van der Waals surface area (Å²) in [6.45, 7) is 14.3. The maximum atomic E-state index is 6.45. The minimum absolute atomic E-state index is 0.396. The van der Waals surface area contributed by atoms with Crippen molar-refractivity contribution < 1.29 is 14.2 Å². The Morgan fingerprint density at radius 3 is 2.09 bits per heavy atom. The van der Waals surface area contributed by atoms with Gasteiger partial charge < -0.3 is 19.9 Å². The Balaban J connectivity index is 2.64. The van der Waals surface area contributed by atoms with Crippen molar-refractivity contribution in [3.63, 3.8) is 0 Å². The predicted octanol–water partition coefficient (Wildman–Crippen LogP) is 7.00. The van der Waals surface area contributed by atoms with E-state index in [4.69, 9.17) is 24.9 Å². The number of nitrogens with two attached hydrogens (primary N) is 1. The molecule has 0 saturated carbocycles. The topological polar surface area (TPSA) is 71.0 Å². The number of aryl methyl sites for hydroxylation is 2. The fourth-order valence-corrected chi connectivity index (χ4v) is 3.91. The van der Waals surface area contributed by atoms with Gasteiger partial charge in [0.25, 0.3) is 0 Å². The van der Waals surface area contributed by atoms with Crippen LogP contribution >= 0.6 is 0 Å². The lowest BCUT2D eigenvalue weighted by Crippen LogP contribution is -2.24. The number of nitrogens with zero attached hydrogens (tertiary/aromatic N) is 2. The summed E-state index contributed by atoms with van der Waals surface area (Å²) in [6.07, 6.45) is 12.6. The highest BCUT2D eigenvalue weighted by Gasteiger charge is 2.12. The third-order valence-electron chi connectivity index (χ3n) is 5.80. The van der Waals surface area contributed by atoms with Crippen molar-refractivity contribution in [3.05, 3.63) is 47.1 Å². The van der Waals surface area contributed by atoms with Crippen molar-refractivity contribution in [2.75, 3.05) is 27.1 Å². The van der Waals surface area contributed by atoms with Crippen LogP contribution in [0.5, 0.6) is 0 Å². The van der Waals surface area contributed by atoms with Gasteiger partial charge in [-0.1, -0.05) is 58.4 Å². The number of unbranched alkanes of at least 4 members (excludes halogenated alkanes) is 8. The van der Waals surface area contributed by atoms with Crippen LogP contribution in [0.4, 0.5) is 0 Å². The Morgan fingerprint density at radius 1 is 0.941 bits per heavy atom. The van der Waals surface area contributed by atoms with Crippen LogP contribution in [0.25, 0.3) is 0 Å². The highest BCUT2D eigenvalue weighted by molar-refractivity contribution is 5.83. The molecule has 0 radical (unpaired) electrons. The Hall–Kier alpha value is -2.05. The zero-order valence-electron chi connectivity index (χ0n) is 22.5. The summed E-state index contributed by atoms with van der Waals surface area (Å²) in [5.74, 6) is 1.29. The van der Waals surface area contributed by atoms with E-state index < -0.39 is 0 Å². The van der Waals surface area contributed by atoms with Gasteiger partial charge in [-0.2, -0.15) is 0 Å². The van der Waals surface area contributed by atoms with Crippen molar-refractivity contribution in [2.24, 2.45) is 10.7 Å². The molecule has 0 spiro atoms. The Kier molecular flexibility index (Phi) is 16.1.